The highest BCUT2D eigenvalue weighted by atomic mass is 16.2. The van der Waals surface area contributed by atoms with E-state index in [-0.39, 0.29) is 11.8 Å². The van der Waals surface area contributed by atoms with E-state index in [4.69, 9.17) is 0 Å². The van der Waals surface area contributed by atoms with Crippen LogP contribution in [0.25, 0.3) is 0 Å². The maximum absolute atomic E-state index is 12.4. The molecule has 2 amide bonds. The summed E-state index contributed by atoms with van der Waals surface area (Å²) in [6, 6.07) is 16.9. The van der Waals surface area contributed by atoms with Crippen molar-refractivity contribution in [3.05, 3.63) is 95.6 Å². The second kappa shape index (κ2) is 8.12. The summed E-state index contributed by atoms with van der Waals surface area (Å²) in [6.45, 7) is 2.00. The van der Waals surface area contributed by atoms with Crippen molar-refractivity contribution >= 4 is 23.2 Å². The Labute approximate surface area is 152 Å². The number of carbonyl (C=O) groups is 2. The number of para-hydroxylation sites is 1. The van der Waals surface area contributed by atoms with Crippen LogP contribution in [0, 0.1) is 6.92 Å². The van der Waals surface area contributed by atoms with Crippen LogP contribution in [0.1, 0.15) is 12.0 Å². The lowest BCUT2D eigenvalue weighted by molar-refractivity contribution is -0.113. The van der Waals surface area contributed by atoms with Gasteiger partial charge in [-0.2, -0.15) is 0 Å². The Morgan fingerprint density at radius 3 is 2.19 bits per heavy atom. The predicted octanol–water partition coefficient (Wildman–Crippen LogP) is 4.38. The van der Waals surface area contributed by atoms with Gasteiger partial charge in [-0.25, -0.2) is 0 Å². The minimum absolute atomic E-state index is 0.169. The maximum atomic E-state index is 12.4. The van der Waals surface area contributed by atoms with Crippen LogP contribution in [0.3, 0.4) is 0 Å². The molecule has 2 N–H and O–H groups in total. The summed E-state index contributed by atoms with van der Waals surface area (Å²) >= 11 is 0. The fourth-order valence-corrected chi connectivity index (χ4v) is 2.52. The molecule has 0 aliphatic heterocycles. The van der Waals surface area contributed by atoms with Crippen molar-refractivity contribution in [1.82, 2.24) is 0 Å². The number of hydrogen-bond donors (Lipinski definition) is 2. The molecule has 0 saturated heterocycles. The fraction of sp³-hybridized carbons (Fsp3) is 0.0909. The fourth-order valence-electron chi connectivity index (χ4n) is 2.52. The van der Waals surface area contributed by atoms with Crippen molar-refractivity contribution in [2.24, 2.45) is 0 Å². The third-order valence-electron chi connectivity index (χ3n) is 3.99. The second-order valence-electron chi connectivity index (χ2n) is 6.06. The quantitative estimate of drug-likeness (QED) is 0.864. The van der Waals surface area contributed by atoms with Crippen LogP contribution in [-0.2, 0) is 9.59 Å². The minimum atomic E-state index is -0.203. The first kappa shape index (κ1) is 17.4. The number of allylic oxidation sites excluding steroid dienone is 3. The van der Waals surface area contributed by atoms with Gasteiger partial charge in [-0.3, -0.25) is 9.59 Å². The van der Waals surface area contributed by atoms with E-state index in [1.807, 2.05) is 67.6 Å². The molecule has 0 bridgehead atoms. The number of hydrogen-bond acceptors (Lipinski definition) is 2. The Morgan fingerprint density at radius 2 is 1.46 bits per heavy atom. The molecule has 2 aromatic rings. The van der Waals surface area contributed by atoms with E-state index in [1.54, 1.807) is 18.2 Å². The number of benzene rings is 2. The standard InChI is InChI=1S/C22H20N2O2/c1-16-10-14-20(15-11-16)24-22(26)18-7-5-6-17(12-13-18)21(25)23-19-8-3-2-4-9-19/h2-5,7-15H,6H2,1H3,(H,23,25)(H,24,26). The lowest BCUT2D eigenvalue weighted by Crippen LogP contribution is -2.14. The van der Waals surface area contributed by atoms with Crippen molar-refractivity contribution in [2.75, 3.05) is 10.6 Å². The van der Waals surface area contributed by atoms with Gasteiger partial charge in [0, 0.05) is 22.5 Å². The topological polar surface area (TPSA) is 58.2 Å². The van der Waals surface area contributed by atoms with E-state index in [9.17, 15) is 9.59 Å². The van der Waals surface area contributed by atoms with Crippen LogP contribution in [-0.4, -0.2) is 11.8 Å². The molecule has 4 nitrogen and oxygen atoms in total. The van der Waals surface area contributed by atoms with Gasteiger partial charge < -0.3 is 10.6 Å². The highest BCUT2D eigenvalue weighted by Gasteiger charge is 2.12. The van der Waals surface area contributed by atoms with Gasteiger partial charge >= 0.3 is 0 Å². The number of carbonyl (C=O) groups excluding carboxylic acids is 2. The van der Waals surface area contributed by atoms with E-state index < -0.39 is 0 Å². The predicted molar refractivity (Wildman–Crippen MR) is 105 cm³/mol. The molecular formula is C22H20N2O2. The van der Waals surface area contributed by atoms with Crippen LogP contribution < -0.4 is 10.6 Å². The van der Waals surface area contributed by atoms with Crippen molar-refractivity contribution in [2.45, 2.75) is 13.3 Å². The zero-order chi connectivity index (χ0) is 18.4. The first-order chi connectivity index (χ1) is 12.6. The number of rotatable bonds is 4. The molecule has 1 aliphatic carbocycles. The van der Waals surface area contributed by atoms with Crippen LogP contribution in [0.2, 0.25) is 0 Å². The molecule has 3 rings (SSSR count). The summed E-state index contributed by atoms with van der Waals surface area (Å²) in [6.07, 6.45) is 7.40. The summed E-state index contributed by atoms with van der Waals surface area (Å²) in [4.78, 5) is 24.8. The van der Waals surface area contributed by atoms with Gasteiger partial charge in [0.15, 0.2) is 0 Å². The molecule has 0 saturated carbocycles. The number of anilines is 2. The van der Waals surface area contributed by atoms with E-state index in [2.05, 4.69) is 10.6 Å². The van der Waals surface area contributed by atoms with E-state index in [1.165, 1.54) is 0 Å². The zero-order valence-corrected chi connectivity index (χ0v) is 14.5. The first-order valence-electron chi connectivity index (χ1n) is 8.43. The Hall–Kier alpha value is -3.40. The first-order valence-corrected chi connectivity index (χ1v) is 8.43. The van der Waals surface area contributed by atoms with Crippen LogP contribution in [0.15, 0.2) is 90.0 Å². The van der Waals surface area contributed by atoms with Crippen molar-refractivity contribution < 1.29 is 9.59 Å². The molecule has 0 aromatic heterocycles. The second-order valence-corrected chi connectivity index (χ2v) is 6.06. The Bertz CT molecular complexity index is 891. The minimum Gasteiger partial charge on any atom is -0.322 e. The van der Waals surface area contributed by atoms with Gasteiger partial charge in [-0.15, -0.1) is 0 Å². The maximum Gasteiger partial charge on any atom is 0.255 e. The molecule has 0 unspecified atom stereocenters. The molecule has 26 heavy (non-hydrogen) atoms. The highest BCUT2D eigenvalue weighted by Crippen LogP contribution is 2.16. The third kappa shape index (κ3) is 4.57. The van der Waals surface area contributed by atoms with E-state index in [0.717, 1.165) is 16.9 Å². The lowest BCUT2D eigenvalue weighted by atomic mass is 10.1. The van der Waals surface area contributed by atoms with E-state index in [0.29, 0.717) is 17.6 Å². The summed E-state index contributed by atoms with van der Waals surface area (Å²) < 4.78 is 0. The molecule has 0 spiro atoms. The molecular weight excluding hydrogens is 324 g/mol. The molecule has 0 radical (unpaired) electrons. The number of aryl methyl sites for hydroxylation is 1. The van der Waals surface area contributed by atoms with Crippen molar-refractivity contribution in [3.63, 3.8) is 0 Å². The SMILES string of the molecule is Cc1ccc(NC(=O)C2=CC=C(C(=O)Nc3ccccc3)CC=C2)cc1. The molecule has 130 valence electrons. The summed E-state index contributed by atoms with van der Waals surface area (Å²) in [5.74, 6) is -0.372. The average molecular weight is 344 g/mol. The van der Waals surface area contributed by atoms with Gasteiger partial charge in [0.2, 0.25) is 0 Å². The molecule has 0 heterocycles. The Kier molecular flexibility index (Phi) is 5.44. The van der Waals surface area contributed by atoms with Crippen LogP contribution >= 0.6 is 0 Å². The van der Waals surface area contributed by atoms with Gasteiger partial charge in [-0.1, -0.05) is 54.1 Å². The molecule has 0 atom stereocenters. The average Bonchev–Trinajstić information content (AvgIpc) is 2.91. The lowest BCUT2D eigenvalue weighted by Gasteiger charge is -2.06. The molecule has 0 fully saturated rings. The summed E-state index contributed by atoms with van der Waals surface area (Å²) in [7, 11) is 0. The summed E-state index contributed by atoms with van der Waals surface area (Å²) in [5.41, 5.74) is 3.73. The van der Waals surface area contributed by atoms with Crippen molar-refractivity contribution in [3.8, 4) is 0 Å². The molecule has 4 heteroatoms. The van der Waals surface area contributed by atoms with Crippen LogP contribution in [0.4, 0.5) is 11.4 Å². The van der Waals surface area contributed by atoms with Gasteiger partial charge in [0.1, 0.15) is 0 Å². The molecule has 1 aliphatic rings. The largest absolute Gasteiger partial charge is 0.322 e. The normalized spacial score (nSPS) is 13.3. The van der Waals surface area contributed by atoms with Gasteiger partial charge in [0.25, 0.3) is 11.8 Å². The highest BCUT2D eigenvalue weighted by molar-refractivity contribution is 6.07. The zero-order valence-electron chi connectivity index (χ0n) is 14.5. The smallest absolute Gasteiger partial charge is 0.255 e. The number of amides is 2. The third-order valence-corrected chi connectivity index (χ3v) is 3.99. The van der Waals surface area contributed by atoms with Crippen molar-refractivity contribution in [1.29, 1.82) is 0 Å². The Morgan fingerprint density at radius 1 is 0.808 bits per heavy atom. The summed E-state index contributed by atoms with van der Waals surface area (Å²) in [5, 5.41) is 5.72. The van der Waals surface area contributed by atoms with E-state index >= 15 is 0 Å². The Balaban J connectivity index is 1.69. The molecule has 2 aromatic carbocycles. The monoisotopic (exact) mass is 344 g/mol. The van der Waals surface area contributed by atoms with Gasteiger partial charge in [-0.05, 0) is 43.7 Å². The van der Waals surface area contributed by atoms with Gasteiger partial charge in [0.05, 0.1) is 0 Å². The van der Waals surface area contributed by atoms with Crippen LogP contribution in [0.5, 0.6) is 0 Å². The number of nitrogens with one attached hydrogen (secondary N) is 2.